The SMILES string of the molecule is O=C1CSC(c2cccc(NS(=O)(=O)c3ccc4ccccc4c3)c2)N1c1ccccc1F. The first-order valence-electron chi connectivity index (χ1n) is 10.2. The van der Waals surface area contributed by atoms with Crippen LogP contribution in [0.5, 0.6) is 0 Å². The van der Waals surface area contributed by atoms with Crippen molar-refractivity contribution in [2.45, 2.75) is 10.3 Å². The number of carbonyl (C=O) groups is 1. The minimum atomic E-state index is -3.83. The molecule has 4 aromatic carbocycles. The molecule has 1 N–H and O–H groups in total. The van der Waals surface area contributed by atoms with Gasteiger partial charge in [0, 0.05) is 5.69 Å². The Labute approximate surface area is 195 Å². The number of benzene rings is 4. The molecule has 0 spiro atoms. The van der Waals surface area contributed by atoms with Gasteiger partial charge in [-0.05, 0) is 52.7 Å². The first kappa shape index (κ1) is 21.5. The Morgan fingerprint density at radius 2 is 1.64 bits per heavy atom. The van der Waals surface area contributed by atoms with Gasteiger partial charge in [-0.3, -0.25) is 14.4 Å². The summed E-state index contributed by atoms with van der Waals surface area (Å²) in [6.07, 6.45) is 0. The molecular formula is C25H19FN2O3S2. The third-order valence-electron chi connectivity index (χ3n) is 5.44. The van der Waals surface area contributed by atoms with Crippen LogP contribution < -0.4 is 9.62 Å². The third kappa shape index (κ3) is 4.19. The summed E-state index contributed by atoms with van der Waals surface area (Å²) >= 11 is 1.37. The van der Waals surface area contributed by atoms with Crippen LogP contribution in [0, 0.1) is 5.82 Å². The zero-order valence-electron chi connectivity index (χ0n) is 17.3. The first-order valence-corrected chi connectivity index (χ1v) is 12.8. The van der Waals surface area contributed by atoms with Gasteiger partial charge in [-0.2, -0.15) is 0 Å². The Balaban J connectivity index is 1.45. The van der Waals surface area contributed by atoms with E-state index in [1.807, 2.05) is 24.3 Å². The predicted octanol–water partition coefficient (Wildman–Crippen LogP) is 5.56. The number of halogens is 1. The van der Waals surface area contributed by atoms with E-state index in [1.54, 1.807) is 60.7 Å². The van der Waals surface area contributed by atoms with Crippen molar-refractivity contribution in [1.82, 2.24) is 0 Å². The lowest BCUT2D eigenvalue weighted by Crippen LogP contribution is -2.28. The maximum atomic E-state index is 14.4. The van der Waals surface area contributed by atoms with E-state index in [4.69, 9.17) is 0 Å². The van der Waals surface area contributed by atoms with Crippen molar-refractivity contribution in [2.24, 2.45) is 0 Å². The Morgan fingerprint density at radius 1 is 0.879 bits per heavy atom. The highest BCUT2D eigenvalue weighted by molar-refractivity contribution is 8.00. The monoisotopic (exact) mass is 478 g/mol. The van der Waals surface area contributed by atoms with Gasteiger partial charge in [-0.15, -0.1) is 11.8 Å². The van der Waals surface area contributed by atoms with E-state index in [1.165, 1.54) is 22.7 Å². The summed E-state index contributed by atoms with van der Waals surface area (Å²) in [5.74, 6) is -0.463. The summed E-state index contributed by atoms with van der Waals surface area (Å²) in [6, 6.07) is 25.5. The number of anilines is 2. The van der Waals surface area contributed by atoms with E-state index in [2.05, 4.69) is 4.72 Å². The molecule has 0 aliphatic carbocycles. The quantitative estimate of drug-likeness (QED) is 0.408. The maximum Gasteiger partial charge on any atom is 0.261 e. The van der Waals surface area contributed by atoms with Crippen molar-refractivity contribution in [3.8, 4) is 0 Å². The second kappa shape index (κ2) is 8.53. The van der Waals surface area contributed by atoms with Crippen molar-refractivity contribution < 1.29 is 17.6 Å². The predicted molar refractivity (Wildman–Crippen MR) is 130 cm³/mol. The van der Waals surface area contributed by atoms with Crippen LogP contribution in [0.15, 0.2) is 95.9 Å². The van der Waals surface area contributed by atoms with Crippen LogP contribution in [0.3, 0.4) is 0 Å². The molecule has 0 saturated carbocycles. The normalized spacial score (nSPS) is 16.3. The maximum absolute atomic E-state index is 14.4. The molecule has 1 saturated heterocycles. The number of amides is 1. The topological polar surface area (TPSA) is 66.5 Å². The highest BCUT2D eigenvalue weighted by Crippen LogP contribution is 2.43. The van der Waals surface area contributed by atoms with Crippen molar-refractivity contribution >= 4 is 49.8 Å². The van der Waals surface area contributed by atoms with Crippen molar-refractivity contribution in [2.75, 3.05) is 15.4 Å². The fourth-order valence-electron chi connectivity index (χ4n) is 3.88. The number of nitrogens with one attached hydrogen (secondary N) is 1. The molecular weight excluding hydrogens is 459 g/mol. The second-order valence-electron chi connectivity index (χ2n) is 7.62. The molecule has 1 atom stereocenters. The average Bonchev–Trinajstić information content (AvgIpc) is 3.20. The highest BCUT2D eigenvalue weighted by Gasteiger charge is 2.35. The standard InChI is InChI=1S/C25H19FN2O3S2/c26-22-10-3-4-11-23(22)28-24(29)16-32-25(28)19-8-5-9-20(14-19)27-33(30,31)21-13-12-17-6-1-2-7-18(17)15-21/h1-15,25,27H,16H2. The van der Waals surface area contributed by atoms with Gasteiger partial charge in [0.05, 0.1) is 16.3 Å². The molecule has 4 aromatic rings. The smallest absolute Gasteiger partial charge is 0.261 e. The van der Waals surface area contributed by atoms with Crippen LogP contribution in [-0.2, 0) is 14.8 Å². The largest absolute Gasteiger partial charge is 0.292 e. The zero-order valence-corrected chi connectivity index (χ0v) is 18.9. The Morgan fingerprint density at radius 3 is 2.45 bits per heavy atom. The minimum absolute atomic E-state index is 0.157. The lowest BCUT2D eigenvalue weighted by Gasteiger charge is -2.25. The molecule has 0 radical (unpaired) electrons. The number of para-hydroxylation sites is 1. The number of nitrogens with zero attached hydrogens (tertiary/aromatic N) is 1. The number of thioether (sulfide) groups is 1. The molecule has 166 valence electrons. The third-order valence-corrected chi connectivity index (χ3v) is 8.03. The molecule has 0 bridgehead atoms. The number of carbonyl (C=O) groups excluding carboxylic acids is 1. The van der Waals surface area contributed by atoms with E-state index >= 15 is 0 Å². The summed E-state index contributed by atoms with van der Waals surface area (Å²) in [5.41, 5.74) is 1.28. The lowest BCUT2D eigenvalue weighted by atomic mass is 10.1. The summed E-state index contributed by atoms with van der Waals surface area (Å²) in [6.45, 7) is 0. The summed E-state index contributed by atoms with van der Waals surface area (Å²) in [4.78, 5) is 14.1. The zero-order chi connectivity index (χ0) is 23.0. The van der Waals surface area contributed by atoms with Crippen LogP contribution in [-0.4, -0.2) is 20.1 Å². The molecule has 8 heteroatoms. The molecule has 0 aromatic heterocycles. The van der Waals surface area contributed by atoms with Crippen molar-refractivity contribution in [1.29, 1.82) is 0 Å². The van der Waals surface area contributed by atoms with Crippen molar-refractivity contribution in [3.63, 3.8) is 0 Å². The number of hydrogen-bond acceptors (Lipinski definition) is 4. The molecule has 5 rings (SSSR count). The molecule has 33 heavy (non-hydrogen) atoms. The molecule has 1 unspecified atom stereocenters. The average molecular weight is 479 g/mol. The Hall–Kier alpha value is -3.36. The molecule has 1 heterocycles. The van der Waals surface area contributed by atoms with Gasteiger partial charge < -0.3 is 0 Å². The first-order chi connectivity index (χ1) is 15.9. The van der Waals surface area contributed by atoms with Crippen LogP contribution in [0.1, 0.15) is 10.9 Å². The number of rotatable bonds is 5. The molecule has 1 aliphatic rings. The van der Waals surface area contributed by atoms with E-state index < -0.39 is 21.2 Å². The number of hydrogen-bond donors (Lipinski definition) is 1. The van der Waals surface area contributed by atoms with Gasteiger partial charge in [-0.25, -0.2) is 12.8 Å². The van der Waals surface area contributed by atoms with Gasteiger partial charge in [0.2, 0.25) is 5.91 Å². The summed E-state index contributed by atoms with van der Waals surface area (Å²) in [5, 5.41) is 1.32. The Kier molecular flexibility index (Phi) is 5.55. The fraction of sp³-hybridized carbons (Fsp3) is 0.0800. The lowest BCUT2D eigenvalue weighted by molar-refractivity contribution is -0.115. The summed E-state index contributed by atoms with van der Waals surface area (Å²) < 4.78 is 43.1. The molecule has 5 nitrogen and oxygen atoms in total. The van der Waals surface area contributed by atoms with E-state index in [0.29, 0.717) is 11.3 Å². The summed E-state index contributed by atoms with van der Waals surface area (Å²) in [7, 11) is -3.83. The van der Waals surface area contributed by atoms with Gasteiger partial charge in [-0.1, -0.05) is 54.6 Å². The van der Waals surface area contributed by atoms with E-state index in [9.17, 15) is 17.6 Å². The van der Waals surface area contributed by atoms with Crippen LogP contribution in [0.25, 0.3) is 10.8 Å². The van der Waals surface area contributed by atoms with E-state index in [-0.39, 0.29) is 22.2 Å². The number of sulfonamides is 1. The van der Waals surface area contributed by atoms with Gasteiger partial charge in [0.1, 0.15) is 11.2 Å². The Bertz CT molecular complexity index is 1470. The van der Waals surface area contributed by atoms with Gasteiger partial charge in [0.15, 0.2) is 0 Å². The highest BCUT2D eigenvalue weighted by atomic mass is 32.2. The van der Waals surface area contributed by atoms with Crippen LogP contribution >= 0.6 is 11.8 Å². The van der Waals surface area contributed by atoms with Crippen LogP contribution in [0.4, 0.5) is 15.8 Å². The van der Waals surface area contributed by atoms with Crippen molar-refractivity contribution in [3.05, 3.63) is 102 Å². The second-order valence-corrected chi connectivity index (χ2v) is 10.4. The van der Waals surface area contributed by atoms with Gasteiger partial charge in [0.25, 0.3) is 10.0 Å². The molecule has 1 amide bonds. The number of fused-ring (bicyclic) bond motifs is 1. The van der Waals surface area contributed by atoms with Gasteiger partial charge >= 0.3 is 0 Å². The van der Waals surface area contributed by atoms with Crippen LogP contribution in [0.2, 0.25) is 0 Å². The molecule has 1 aliphatic heterocycles. The fourth-order valence-corrected chi connectivity index (χ4v) is 6.13. The van der Waals surface area contributed by atoms with E-state index in [0.717, 1.165) is 10.8 Å². The molecule has 1 fully saturated rings. The minimum Gasteiger partial charge on any atom is -0.292 e.